The van der Waals surface area contributed by atoms with E-state index in [-0.39, 0.29) is 6.10 Å². The molecule has 0 radical (unpaired) electrons. The van der Waals surface area contributed by atoms with Gasteiger partial charge in [-0.15, -0.1) is 0 Å². The van der Waals surface area contributed by atoms with Gasteiger partial charge in [-0.25, -0.2) is 4.98 Å². The summed E-state index contributed by atoms with van der Waals surface area (Å²) in [6, 6.07) is 0. The van der Waals surface area contributed by atoms with E-state index in [4.69, 9.17) is 9.72 Å². The van der Waals surface area contributed by atoms with E-state index in [9.17, 15) is 0 Å². The number of ether oxygens (including phenoxy) is 1. The van der Waals surface area contributed by atoms with Gasteiger partial charge in [0.05, 0.1) is 12.3 Å². The van der Waals surface area contributed by atoms with Crippen LogP contribution in [0.25, 0.3) is 0 Å². The highest BCUT2D eigenvalue weighted by Crippen LogP contribution is 2.35. The third kappa shape index (κ3) is 2.24. The third-order valence-corrected chi connectivity index (χ3v) is 3.92. The zero-order valence-corrected chi connectivity index (χ0v) is 10.5. The second kappa shape index (κ2) is 4.78. The zero-order valence-electron chi connectivity index (χ0n) is 10.5. The van der Waals surface area contributed by atoms with Crippen LogP contribution in [-0.4, -0.2) is 29.7 Å². The van der Waals surface area contributed by atoms with Gasteiger partial charge in [0.2, 0.25) is 0 Å². The number of aromatic nitrogens is 2. The minimum Gasteiger partial charge on any atom is -0.368 e. The Morgan fingerprint density at radius 1 is 1.29 bits per heavy atom. The van der Waals surface area contributed by atoms with Crippen LogP contribution >= 0.6 is 0 Å². The molecule has 0 aromatic carbocycles. The molecular weight excluding hydrogens is 214 g/mol. The molecule has 17 heavy (non-hydrogen) atoms. The first-order valence-electron chi connectivity index (χ1n) is 6.73. The smallest absolute Gasteiger partial charge is 0.137 e. The van der Waals surface area contributed by atoms with Crippen LogP contribution in [0.15, 0.2) is 0 Å². The predicted molar refractivity (Wildman–Crippen MR) is 66.1 cm³/mol. The first-order chi connectivity index (χ1) is 8.34. The molecule has 1 atom stereocenters. The van der Waals surface area contributed by atoms with Crippen LogP contribution < -0.4 is 5.32 Å². The molecule has 0 spiro atoms. The van der Waals surface area contributed by atoms with Crippen molar-refractivity contribution in [1.29, 1.82) is 0 Å². The van der Waals surface area contributed by atoms with Gasteiger partial charge in [-0.05, 0) is 19.8 Å². The summed E-state index contributed by atoms with van der Waals surface area (Å²) < 4.78 is 5.74. The van der Waals surface area contributed by atoms with Gasteiger partial charge in [-0.3, -0.25) is 0 Å². The summed E-state index contributed by atoms with van der Waals surface area (Å²) in [4.78, 5) is 8.21. The lowest BCUT2D eigenvalue weighted by atomic mass is 10.0. The molecule has 1 aromatic rings. The van der Waals surface area contributed by atoms with Gasteiger partial charge in [0, 0.05) is 24.7 Å². The molecule has 0 amide bonds. The van der Waals surface area contributed by atoms with Crippen LogP contribution in [0.3, 0.4) is 0 Å². The van der Waals surface area contributed by atoms with Gasteiger partial charge in [0.15, 0.2) is 0 Å². The molecule has 2 aliphatic rings. The van der Waals surface area contributed by atoms with Crippen molar-refractivity contribution in [2.45, 2.75) is 44.6 Å². The molecule has 3 rings (SSSR count). The zero-order chi connectivity index (χ0) is 11.7. The number of aryl methyl sites for hydroxylation is 1. The van der Waals surface area contributed by atoms with Gasteiger partial charge < -0.3 is 15.0 Å². The number of aromatic amines is 1. The number of nitrogens with one attached hydrogen (secondary N) is 2. The van der Waals surface area contributed by atoms with E-state index >= 15 is 0 Å². The highest BCUT2D eigenvalue weighted by molar-refractivity contribution is 5.20. The van der Waals surface area contributed by atoms with Crippen LogP contribution in [0.2, 0.25) is 0 Å². The summed E-state index contributed by atoms with van der Waals surface area (Å²) in [5, 5.41) is 3.35. The molecule has 1 aliphatic heterocycles. The molecule has 2 fully saturated rings. The predicted octanol–water partition coefficient (Wildman–Crippen LogP) is 2.04. The van der Waals surface area contributed by atoms with Crippen molar-refractivity contribution >= 4 is 0 Å². The standard InChI is InChI=1S/C13H21N3O/c1-9-12(10-4-2-3-5-10)16-13(15-9)11-8-14-6-7-17-11/h10-11,14H,2-8H2,1H3,(H,15,16). The quantitative estimate of drug-likeness (QED) is 0.824. The Morgan fingerprint density at radius 3 is 2.82 bits per heavy atom. The van der Waals surface area contributed by atoms with E-state index in [2.05, 4.69) is 17.2 Å². The molecule has 1 saturated carbocycles. The molecule has 1 aromatic heterocycles. The van der Waals surface area contributed by atoms with E-state index < -0.39 is 0 Å². The number of hydrogen-bond acceptors (Lipinski definition) is 3. The van der Waals surface area contributed by atoms with Gasteiger partial charge in [0.1, 0.15) is 11.9 Å². The molecule has 94 valence electrons. The summed E-state index contributed by atoms with van der Waals surface area (Å²) >= 11 is 0. The minimum absolute atomic E-state index is 0.109. The molecule has 1 aliphatic carbocycles. The summed E-state index contributed by atoms with van der Waals surface area (Å²) in [6.07, 6.45) is 5.42. The van der Waals surface area contributed by atoms with Crippen LogP contribution in [0.1, 0.15) is 54.9 Å². The summed E-state index contributed by atoms with van der Waals surface area (Å²) in [7, 11) is 0. The Labute approximate surface area is 102 Å². The van der Waals surface area contributed by atoms with Crippen molar-refractivity contribution in [3.63, 3.8) is 0 Å². The SMILES string of the molecule is Cc1[nH]c(C2CNCCO2)nc1C1CCCC1. The Hall–Kier alpha value is -0.870. The van der Waals surface area contributed by atoms with Gasteiger partial charge >= 0.3 is 0 Å². The molecule has 2 heterocycles. The number of rotatable bonds is 2. The highest BCUT2D eigenvalue weighted by atomic mass is 16.5. The monoisotopic (exact) mass is 235 g/mol. The summed E-state index contributed by atoms with van der Waals surface area (Å²) in [5.74, 6) is 1.69. The second-order valence-corrected chi connectivity index (χ2v) is 5.18. The maximum Gasteiger partial charge on any atom is 0.137 e. The lowest BCUT2D eigenvalue weighted by Crippen LogP contribution is -2.33. The normalized spacial score (nSPS) is 26.5. The maximum atomic E-state index is 5.74. The number of hydrogen-bond donors (Lipinski definition) is 2. The van der Waals surface area contributed by atoms with Crippen molar-refractivity contribution in [1.82, 2.24) is 15.3 Å². The van der Waals surface area contributed by atoms with Gasteiger partial charge in [-0.1, -0.05) is 12.8 Å². The van der Waals surface area contributed by atoms with Crippen molar-refractivity contribution in [3.8, 4) is 0 Å². The van der Waals surface area contributed by atoms with E-state index in [1.807, 2.05) is 0 Å². The average Bonchev–Trinajstić information content (AvgIpc) is 2.99. The Bertz CT molecular complexity index is 376. The second-order valence-electron chi connectivity index (χ2n) is 5.18. The number of H-pyrrole nitrogens is 1. The molecule has 1 saturated heterocycles. The van der Waals surface area contributed by atoms with Crippen molar-refractivity contribution in [2.24, 2.45) is 0 Å². The Morgan fingerprint density at radius 2 is 2.12 bits per heavy atom. The van der Waals surface area contributed by atoms with Gasteiger partial charge in [0.25, 0.3) is 0 Å². The lowest BCUT2D eigenvalue weighted by Gasteiger charge is -2.21. The summed E-state index contributed by atoms with van der Waals surface area (Å²) in [6.45, 7) is 4.74. The van der Waals surface area contributed by atoms with E-state index in [1.165, 1.54) is 37.1 Å². The van der Waals surface area contributed by atoms with Crippen molar-refractivity contribution in [2.75, 3.05) is 19.7 Å². The third-order valence-electron chi connectivity index (χ3n) is 3.92. The molecular formula is C13H21N3O. The Balaban J connectivity index is 1.79. The highest BCUT2D eigenvalue weighted by Gasteiger charge is 2.25. The maximum absolute atomic E-state index is 5.74. The molecule has 4 heteroatoms. The fraction of sp³-hybridized carbons (Fsp3) is 0.769. The fourth-order valence-electron chi connectivity index (χ4n) is 2.99. The molecule has 2 N–H and O–H groups in total. The topological polar surface area (TPSA) is 49.9 Å². The first-order valence-corrected chi connectivity index (χ1v) is 6.73. The lowest BCUT2D eigenvalue weighted by molar-refractivity contribution is 0.0225. The molecule has 1 unspecified atom stereocenters. The van der Waals surface area contributed by atoms with Gasteiger partial charge in [-0.2, -0.15) is 0 Å². The number of imidazole rings is 1. The first kappa shape index (κ1) is 11.2. The van der Waals surface area contributed by atoms with E-state index in [1.54, 1.807) is 0 Å². The molecule has 4 nitrogen and oxygen atoms in total. The van der Waals surface area contributed by atoms with Crippen LogP contribution in [0.5, 0.6) is 0 Å². The average molecular weight is 235 g/mol. The van der Waals surface area contributed by atoms with Crippen molar-refractivity contribution < 1.29 is 4.74 Å². The number of nitrogens with zero attached hydrogens (tertiary/aromatic N) is 1. The van der Waals surface area contributed by atoms with E-state index in [0.29, 0.717) is 5.92 Å². The van der Waals surface area contributed by atoms with Crippen molar-refractivity contribution in [3.05, 3.63) is 17.2 Å². The van der Waals surface area contributed by atoms with Crippen LogP contribution in [-0.2, 0) is 4.74 Å². The molecule has 0 bridgehead atoms. The minimum atomic E-state index is 0.109. The van der Waals surface area contributed by atoms with Crippen LogP contribution in [0.4, 0.5) is 0 Å². The van der Waals surface area contributed by atoms with Crippen LogP contribution in [0, 0.1) is 6.92 Å². The fourth-order valence-corrected chi connectivity index (χ4v) is 2.99. The summed E-state index contributed by atoms with van der Waals surface area (Å²) in [5.41, 5.74) is 2.52. The van der Waals surface area contributed by atoms with E-state index in [0.717, 1.165) is 25.5 Å². The number of morpholine rings is 1. The largest absolute Gasteiger partial charge is 0.368 e. The Kier molecular flexibility index (Phi) is 3.16.